The highest BCUT2D eigenvalue weighted by atomic mass is 16.5. The number of nitrogens with two attached hydrogens (primary N) is 1. The molecular weight excluding hydrogens is 616 g/mol. The van der Waals surface area contributed by atoms with Gasteiger partial charge in [0.05, 0.1) is 0 Å². The third kappa shape index (κ3) is 34.0. The summed E-state index contributed by atoms with van der Waals surface area (Å²) in [6, 6.07) is -1.08. The number of amides is 2. The van der Waals surface area contributed by atoms with E-state index in [2.05, 4.69) is 73.0 Å². The number of carbonyl (C=O) groups is 4. The van der Waals surface area contributed by atoms with E-state index in [1.807, 2.05) is 19.1 Å². The molecule has 0 aromatic rings. The van der Waals surface area contributed by atoms with E-state index < -0.39 is 17.9 Å². The Hall–Kier alpha value is -3.68. The van der Waals surface area contributed by atoms with Crippen molar-refractivity contribution in [3.05, 3.63) is 72.9 Å². The molecule has 0 aliphatic rings. The second-order valence-corrected chi connectivity index (χ2v) is 12.4. The topological polar surface area (TPSA) is 136 Å². The molecule has 4 N–H and O–H groups in total. The zero-order chi connectivity index (χ0) is 36.2. The number of carboxylic acid groups (broad SMARTS) is 1. The summed E-state index contributed by atoms with van der Waals surface area (Å²) >= 11 is 0. The first-order chi connectivity index (χ1) is 23.8. The predicted molar refractivity (Wildman–Crippen MR) is 202 cm³/mol. The molecule has 0 saturated heterocycles. The van der Waals surface area contributed by atoms with Gasteiger partial charge in [-0.15, -0.1) is 0 Å². The number of ether oxygens (including phenoxy) is 1. The number of rotatable bonds is 32. The van der Waals surface area contributed by atoms with Gasteiger partial charge in [-0.3, -0.25) is 14.4 Å². The van der Waals surface area contributed by atoms with E-state index in [-0.39, 0.29) is 37.2 Å². The molecule has 0 fully saturated rings. The predicted octanol–water partition coefficient (Wildman–Crippen LogP) is 9.52. The van der Waals surface area contributed by atoms with E-state index in [1.165, 1.54) is 12.8 Å². The van der Waals surface area contributed by atoms with E-state index in [0.717, 1.165) is 89.9 Å². The summed E-state index contributed by atoms with van der Waals surface area (Å²) in [5.74, 6) is -2.17. The van der Waals surface area contributed by atoms with E-state index in [9.17, 15) is 19.2 Å². The van der Waals surface area contributed by atoms with E-state index in [1.54, 1.807) is 0 Å². The van der Waals surface area contributed by atoms with Gasteiger partial charge in [-0.05, 0) is 90.0 Å². The Bertz CT molecular complexity index is 1060. The molecule has 8 nitrogen and oxygen atoms in total. The van der Waals surface area contributed by atoms with Gasteiger partial charge in [-0.25, -0.2) is 4.79 Å². The first kappa shape index (κ1) is 45.3. The lowest BCUT2D eigenvalue weighted by atomic mass is 10.1. The summed E-state index contributed by atoms with van der Waals surface area (Å²) in [6.45, 7) is 4.05. The van der Waals surface area contributed by atoms with Gasteiger partial charge in [0.15, 0.2) is 0 Å². The lowest BCUT2D eigenvalue weighted by Crippen LogP contribution is -2.41. The average molecular weight is 683 g/mol. The summed E-state index contributed by atoms with van der Waals surface area (Å²) in [6.07, 6.45) is 43.7. The van der Waals surface area contributed by atoms with Gasteiger partial charge < -0.3 is 20.9 Å². The quantitative estimate of drug-likeness (QED) is 0.0367. The van der Waals surface area contributed by atoms with Crippen LogP contribution < -0.4 is 11.1 Å². The number of primary amides is 1. The zero-order valence-electron chi connectivity index (χ0n) is 30.5. The monoisotopic (exact) mass is 682 g/mol. The summed E-state index contributed by atoms with van der Waals surface area (Å²) in [4.78, 5) is 46.1. The van der Waals surface area contributed by atoms with Crippen molar-refractivity contribution < 1.29 is 29.0 Å². The highest BCUT2D eigenvalue weighted by Gasteiger charge is 2.20. The van der Waals surface area contributed by atoms with Crippen molar-refractivity contribution in [2.45, 2.75) is 161 Å². The van der Waals surface area contributed by atoms with Gasteiger partial charge in [0, 0.05) is 19.3 Å². The van der Waals surface area contributed by atoms with Gasteiger partial charge >= 0.3 is 11.9 Å². The number of hydrogen-bond acceptors (Lipinski definition) is 5. The van der Waals surface area contributed by atoms with Crippen LogP contribution in [0.4, 0.5) is 0 Å². The van der Waals surface area contributed by atoms with Crippen LogP contribution in [0.5, 0.6) is 0 Å². The fraction of sp³-hybridized carbons (Fsp3) is 0.610. The van der Waals surface area contributed by atoms with Crippen LogP contribution in [0.2, 0.25) is 0 Å². The number of nitrogens with one attached hydrogen (secondary N) is 1. The van der Waals surface area contributed by atoms with Gasteiger partial charge in [-0.1, -0.05) is 112 Å². The Kier molecular flexibility index (Phi) is 31.6. The molecule has 0 aliphatic carbocycles. The lowest BCUT2D eigenvalue weighted by molar-refractivity contribution is -0.146. The van der Waals surface area contributed by atoms with Crippen molar-refractivity contribution in [2.24, 2.45) is 5.73 Å². The first-order valence-corrected chi connectivity index (χ1v) is 18.7. The maximum atomic E-state index is 12.1. The molecule has 0 aromatic heterocycles. The number of hydrogen-bond donors (Lipinski definition) is 3. The SMILES string of the molecule is CC/C=C\C/C=C\C/C=C\CCCCCCCC(=O)OC(C)/C=C\C/C=C\C/C=C\CCCCCCCC(=O)N[C@@H](CCC(N)=O)C(=O)O. The molecule has 8 heteroatoms. The van der Waals surface area contributed by atoms with Crippen LogP contribution in [0.1, 0.15) is 149 Å². The van der Waals surface area contributed by atoms with E-state index in [4.69, 9.17) is 15.6 Å². The molecule has 0 saturated carbocycles. The van der Waals surface area contributed by atoms with Crippen LogP contribution in [-0.4, -0.2) is 41.0 Å². The van der Waals surface area contributed by atoms with Crippen LogP contribution in [0.15, 0.2) is 72.9 Å². The molecule has 2 atom stereocenters. The fourth-order valence-electron chi connectivity index (χ4n) is 4.92. The van der Waals surface area contributed by atoms with Gasteiger partial charge in [0.2, 0.25) is 11.8 Å². The Morgan fingerprint density at radius 3 is 1.63 bits per heavy atom. The van der Waals surface area contributed by atoms with Crippen LogP contribution in [0, 0.1) is 0 Å². The van der Waals surface area contributed by atoms with Gasteiger partial charge in [0.1, 0.15) is 12.1 Å². The molecule has 0 radical (unpaired) electrons. The van der Waals surface area contributed by atoms with E-state index >= 15 is 0 Å². The minimum absolute atomic E-state index is 0.00553. The highest BCUT2D eigenvalue weighted by Crippen LogP contribution is 2.11. The molecule has 276 valence electrons. The number of allylic oxidation sites excluding steroid dienone is 11. The Balaban J connectivity index is 3.69. The molecule has 0 spiro atoms. The number of carbonyl (C=O) groups excluding carboxylic acids is 3. The van der Waals surface area contributed by atoms with Crippen molar-refractivity contribution in [1.82, 2.24) is 5.32 Å². The van der Waals surface area contributed by atoms with Crippen molar-refractivity contribution in [3.8, 4) is 0 Å². The molecule has 0 aromatic carbocycles. The summed E-state index contributed by atoms with van der Waals surface area (Å²) < 4.78 is 5.50. The van der Waals surface area contributed by atoms with Crippen molar-refractivity contribution in [1.29, 1.82) is 0 Å². The van der Waals surface area contributed by atoms with Crippen molar-refractivity contribution in [3.63, 3.8) is 0 Å². The first-order valence-electron chi connectivity index (χ1n) is 18.7. The Labute approximate surface area is 297 Å². The second kappa shape index (κ2) is 34.2. The smallest absolute Gasteiger partial charge is 0.326 e. The highest BCUT2D eigenvalue weighted by molar-refractivity contribution is 5.84. The molecule has 49 heavy (non-hydrogen) atoms. The normalized spacial score (nSPS) is 13.4. The summed E-state index contributed by atoms with van der Waals surface area (Å²) in [7, 11) is 0. The van der Waals surface area contributed by atoms with Gasteiger partial charge in [0.25, 0.3) is 0 Å². The average Bonchev–Trinajstić information content (AvgIpc) is 3.06. The second-order valence-electron chi connectivity index (χ2n) is 12.4. The van der Waals surface area contributed by atoms with Crippen molar-refractivity contribution in [2.75, 3.05) is 0 Å². The largest absolute Gasteiger partial charge is 0.480 e. The minimum Gasteiger partial charge on any atom is -0.480 e. The third-order valence-electron chi connectivity index (χ3n) is 7.72. The lowest BCUT2D eigenvalue weighted by Gasteiger charge is -2.13. The molecule has 0 aliphatic heterocycles. The minimum atomic E-state index is -1.16. The Morgan fingerprint density at radius 1 is 0.633 bits per heavy atom. The van der Waals surface area contributed by atoms with Crippen LogP contribution in [0.3, 0.4) is 0 Å². The number of unbranched alkanes of at least 4 members (excludes halogenated alkanes) is 10. The third-order valence-corrected chi connectivity index (χ3v) is 7.72. The van der Waals surface area contributed by atoms with Gasteiger partial charge in [-0.2, -0.15) is 0 Å². The van der Waals surface area contributed by atoms with Crippen LogP contribution in [-0.2, 0) is 23.9 Å². The molecule has 0 rings (SSSR count). The number of carboxylic acids is 1. The molecular formula is C41H66N2O6. The zero-order valence-corrected chi connectivity index (χ0v) is 30.5. The van der Waals surface area contributed by atoms with E-state index in [0.29, 0.717) is 12.8 Å². The summed E-state index contributed by atoms with van der Waals surface area (Å²) in [5, 5.41) is 11.6. The molecule has 1 unspecified atom stereocenters. The van der Waals surface area contributed by atoms with Crippen LogP contribution in [0.25, 0.3) is 0 Å². The number of aliphatic carboxylic acids is 1. The maximum Gasteiger partial charge on any atom is 0.326 e. The molecule has 2 amide bonds. The number of esters is 1. The molecule has 0 heterocycles. The fourth-order valence-corrected chi connectivity index (χ4v) is 4.92. The maximum absolute atomic E-state index is 12.1. The molecule has 0 bridgehead atoms. The standard InChI is InChI=1S/C41H66N2O6/c1-3-4-5-6-7-8-9-10-11-15-18-21-24-27-30-33-40(46)49-36(2)31-28-25-22-19-16-13-12-14-17-20-23-26-29-32-39(45)43-37(41(47)48)34-35-38(42)44/h4-5,7-8,10-13,19,22,28,31,36-37H,3,6,9,14-18,20-21,23-27,29-30,32-35H2,1-2H3,(H2,42,44)(H,43,45)(H,47,48)/b5-4-,8-7-,11-10-,13-12-,22-19-,31-28-/t36?,37-/m0/s1. The van der Waals surface area contributed by atoms with Crippen molar-refractivity contribution >= 4 is 23.8 Å². The Morgan fingerprint density at radius 2 is 1.10 bits per heavy atom. The summed E-state index contributed by atoms with van der Waals surface area (Å²) in [5.41, 5.74) is 5.05. The van der Waals surface area contributed by atoms with Crippen LogP contribution >= 0.6 is 0 Å².